The minimum absolute atomic E-state index is 0.123. The molecule has 2 aromatic rings. The van der Waals surface area contributed by atoms with Crippen molar-refractivity contribution in [2.75, 3.05) is 19.6 Å². The van der Waals surface area contributed by atoms with Crippen LogP contribution in [0.2, 0.25) is 0 Å². The maximum atomic E-state index is 12.1. The van der Waals surface area contributed by atoms with Crippen LogP contribution in [-0.4, -0.2) is 42.8 Å². The molecule has 0 spiro atoms. The first-order chi connectivity index (χ1) is 13.7. The molecule has 3 rings (SSSR count). The molecule has 1 saturated heterocycles. The Balaban J connectivity index is 1.36. The van der Waals surface area contributed by atoms with E-state index in [-0.39, 0.29) is 18.2 Å². The van der Waals surface area contributed by atoms with E-state index in [1.807, 2.05) is 48.5 Å². The van der Waals surface area contributed by atoms with Gasteiger partial charge in [0, 0.05) is 19.1 Å². The normalized spacial score (nSPS) is 18.4. The third-order valence-corrected chi connectivity index (χ3v) is 4.93. The Kier molecular flexibility index (Phi) is 7.88. The predicted octanol–water partition coefficient (Wildman–Crippen LogP) is 3.98. The molecule has 0 aliphatic carbocycles. The second-order valence-corrected chi connectivity index (χ2v) is 7.41. The van der Waals surface area contributed by atoms with Gasteiger partial charge in [0.1, 0.15) is 6.61 Å². The molecule has 0 bridgehead atoms. The average molecular weight is 383 g/mol. The maximum absolute atomic E-state index is 12.1. The quantitative estimate of drug-likeness (QED) is 0.750. The van der Waals surface area contributed by atoms with Gasteiger partial charge >= 0.3 is 6.09 Å². The third-order valence-electron chi connectivity index (χ3n) is 4.93. The standard InChI is InChI=1S/C23H30N2O3/c1-19(27-17-20-9-4-2-5-10-20)15-25-14-8-13-22(16-25)24-23(26)28-18-21-11-6-3-7-12-21/h2-7,9-12,19,22H,8,13-18H2,1H3,(H,24,26)/t19?,22-/m1/s1. The summed E-state index contributed by atoms with van der Waals surface area (Å²) in [7, 11) is 0. The number of hydrogen-bond donors (Lipinski definition) is 1. The summed E-state index contributed by atoms with van der Waals surface area (Å²) in [5.74, 6) is 0. The number of likely N-dealkylation sites (tertiary alicyclic amines) is 1. The van der Waals surface area contributed by atoms with Gasteiger partial charge in [-0.3, -0.25) is 4.90 Å². The number of ether oxygens (including phenoxy) is 2. The fraction of sp³-hybridized carbons (Fsp3) is 0.435. The number of alkyl carbamates (subject to hydrolysis) is 1. The van der Waals surface area contributed by atoms with E-state index >= 15 is 0 Å². The Hall–Kier alpha value is -2.37. The molecule has 0 saturated carbocycles. The van der Waals surface area contributed by atoms with Crippen molar-refractivity contribution in [2.24, 2.45) is 0 Å². The van der Waals surface area contributed by atoms with Crippen molar-refractivity contribution >= 4 is 6.09 Å². The first-order valence-corrected chi connectivity index (χ1v) is 10.0. The van der Waals surface area contributed by atoms with Gasteiger partial charge < -0.3 is 14.8 Å². The largest absolute Gasteiger partial charge is 0.445 e. The second-order valence-electron chi connectivity index (χ2n) is 7.41. The zero-order valence-corrected chi connectivity index (χ0v) is 16.5. The highest BCUT2D eigenvalue weighted by atomic mass is 16.5. The monoisotopic (exact) mass is 382 g/mol. The van der Waals surface area contributed by atoms with E-state index in [1.54, 1.807) is 0 Å². The zero-order valence-electron chi connectivity index (χ0n) is 16.5. The van der Waals surface area contributed by atoms with Crippen LogP contribution in [0.25, 0.3) is 0 Å². The first-order valence-electron chi connectivity index (χ1n) is 10.0. The summed E-state index contributed by atoms with van der Waals surface area (Å²) < 4.78 is 11.3. The number of carbonyl (C=O) groups excluding carboxylic acids is 1. The predicted molar refractivity (Wildman–Crippen MR) is 110 cm³/mol. The molecule has 1 unspecified atom stereocenters. The summed E-state index contributed by atoms with van der Waals surface area (Å²) in [6, 6.07) is 20.1. The fourth-order valence-electron chi connectivity index (χ4n) is 3.50. The van der Waals surface area contributed by atoms with E-state index in [0.717, 1.165) is 38.0 Å². The molecule has 1 aliphatic rings. The van der Waals surface area contributed by atoms with Crippen molar-refractivity contribution in [3.05, 3.63) is 71.8 Å². The van der Waals surface area contributed by atoms with Gasteiger partial charge in [0.2, 0.25) is 0 Å². The molecule has 28 heavy (non-hydrogen) atoms. The van der Waals surface area contributed by atoms with Crippen LogP contribution < -0.4 is 5.32 Å². The molecule has 0 aromatic heterocycles. The highest BCUT2D eigenvalue weighted by Gasteiger charge is 2.23. The van der Waals surface area contributed by atoms with Crippen LogP contribution in [-0.2, 0) is 22.7 Å². The lowest BCUT2D eigenvalue weighted by Crippen LogP contribution is -2.49. The number of rotatable bonds is 8. The summed E-state index contributed by atoms with van der Waals surface area (Å²) in [6.07, 6.45) is 1.85. The van der Waals surface area contributed by atoms with Crippen molar-refractivity contribution in [3.8, 4) is 0 Å². The van der Waals surface area contributed by atoms with Crippen LogP contribution in [0, 0.1) is 0 Å². The second kappa shape index (κ2) is 10.8. The van der Waals surface area contributed by atoms with E-state index in [9.17, 15) is 4.79 Å². The van der Waals surface area contributed by atoms with Gasteiger partial charge in [-0.25, -0.2) is 4.79 Å². The molecule has 0 radical (unpaired) electrons. The maximum Gasteiger partial charge on any atom is 0.407 e. The molecule has 2 atom stereocenters. The lowest BCUT2D eigenvalue weighted by atomic mass is 10.1. The topological polar surface area (TPSA) is 50.8 Å². The Morgan fingerprint density at radius 3 is 2.39 bits per heavy atom. The van der Waals surface area contributed by atoms with Gasteiger partial charge in [0.25, 0.3) is 0 Å². The van der Waals surface area contributed by atoms with Crippen molar-refractivity contribution in [1.29, 1.82) is 0 Å². The van der Waals surface area contributed by atoms with Crippen molar-refractivity contribution < 1.29 is 14.3 Å². The van der Waals surface area contributed by atoms with Crippen LogP contribution in [0.15, 0.2) is 60.7 Å². The summed E-state index contributed by atoms with van der Waals surface area (Å²) in [6.45, 7) is 5.77. The van der Waals surface area contributed by atoms with E-state index < -0.39 is 0 Å². The van der Waals surface area contributed by atoms with Crippen molar-refractivity contribution in [3.63, 3.8) is 0 Å². The minimum atomic E-state index is -0.343. The van der Waals surface area contributed by atoms with Gasteiger partial charge in [-0.2, -0.15) is 0 Å². The molecule has 1 fully saturated rings. The Morgan fingerprint density at radius 2 is 1.71 bits per heavy atom. The number of piperidine rings is 1. The number of benzene rings is 2. The lowest BCUT2D eigenvalue weighted by Gasteiger charge is -2.34. The third kappa shape index (κ3) is 6.98. The number of nitrogens with zero attached hydrogens (tertiary/aromatic N) is 1. The Bertz CT molecular complexity index is 708. The molecule has 1 aliphatic heterocycles. The first kappa shape index (κ1) is 20.4. The van der Waals surface area contributed by atoms with Crippen LogP contribution in [0.3, 0.4) is 0 Å². The molecule has 5 heteroatoms. The summed E-state index contributed by atoms with van der Waals surface area (Å²) >= 11 is 0. The highest BCUT2D eigenvalue weighted by molar-refractivity contribution is 5.67. The van der Waals surface area contributed by atoms with E-state index in [0.29, 0.717) is 13.2 Å². The average Bonchev–Trinajstić information content (AvgIpc) is 2.72. The van der Waals surface area contributed by atoms with E-state index in [1.165, 1.54) is 5.56 Å². The summed E-state index contributed by atoms with van der Waals surface area (Å²) in [5.41, 5.74) is 2.18. The van der Waals surface area contributed by atoms with Gasteiger partial charge in [0.15, 0.2) is 0 Å². The van der Waals surface area contributed by atoms with E-state index in [2.05, 4.69) is 29.3 Å². The minimum Gasteiger partial charge on any atom is -0.445 e. The zero-order chi connectivity index (χ0) is 19.6. The van der Waals surface area contributed by atoms with E-state index in [4.69, 9.17) is 9.47 Å². The van der Waals surface area contributed by atoms with Crippen molar-refractivity contribution in [2.45, 2.75) is 45.1 Å². The molecule has 5 nitrogen and oxygen atoms in total. The number of carbonyl (C=O) groups is 1. The van der Waals surface area contributed by atoms with Gasteiger partial charge in [0.05, 0.1) is 12.7 Å². The van der Waals surface area contributed by atoms with Crippen LogP contribution in [0.5, 0.6) is 0 Å². The highest BCUT2D eigenvalue weighted by Crippen LogP contribution is 2.13. The van der Waals surface area contributed by atoms with Crippen LogP contribution in [0.1, 0.15) is 30.9 Å². The van der Waals surface area contributed by atoms with Crippen LogP contribution >= 0.6 is 0 Å². The van der Waals surface area contributed by atoms with Gasteiger partial charge in [-0.05, 0) is 37.4 Å². The SMILES string of the molecule is CC(CN1CCC[C@@H](NC(=O)OCc2ccccc2)C1)OCc1ccccc1. The molecule has 1 heterocycles. The molecule has 2 aromatic carbocycles. The Labute approximate surface area is 167 Å². The molecular weight excluding hydrogens is 352 g/mol. The van der Waals surface area contributed by atoms with Crippen molar-refractivity contribution in [1.82, 2.24) is 10.2 Å². The number of hydrogen-bond acceptors (Lipinski definition) is 4. The molecule has 150 valence electrons. The Morgan fingerprint density at radius 1 is 1.07 bits per heavy atom. The summed E-state index contributed by atoms with van der Waals surface area (Å²) in [4.78, 5) is 14.5. The molecule has 1 amide bonds. The lowest BCUT2D eigenvalue weighted by molar-refractivity contribution is 0.0194. The van der Waals surface area contributed by atoms with Gasteiger partial charge in [-0.1, -0.05) is 60.7 Å². The smallest absolute Gasteiger partial charge is 0.407 e. The van der Waals surface area contributed by atoms with Crippen LogP contribution in [0.4, 0.5) is 4.79 Å². The molecule has 1 N–H and O–H groups in total. The number of nitrogens with one attached hydrogen (secondary N) is 1. The van der Waals surface area contributed by atoms with Gasteiger partial charge in [-0.15, -0.1) is 0 Å². The summed E-state index contributed by atoms with van der Waals surface area (Å²) in [5, 5.41) is 3.01. The molecular formula is C23H30N2O3. The number of amides is 1. The fourth-order valence-corrected chi connectivity index (χ4v) is 3.50.